The normalized spacial score (nSPS) is 9.71. The zero-order valence-electron chi connectivity index (χ0n) is 8.85. The summed E-state index contributed by atoms with van der Waals surface area (Å²) in [6.45, 7) is 0. The van der Waals surface area contributed by atoms with Crippen LogP contribution < -0.4 is 10.9 Å². The van der Waals surface area contributed by atoms with Crippen molar-refractivity contribution >= 4 is 27.7 Å². The predicted octanol–water partition coefficient (Wildman–Crippen LogP) is 2.60. The fourth-order valence-corrected chi connectivity index (χ4v) is 1.47. The molecule has 17 heavy (non-hydrogen) atoms. The van der Waals surface area contributed by atoms with Gasteiger partial charge in [0.15, 0.2) is 0 Å². The largest absolute Gasteiger partial charge is 0.282 e. The van der Waals surface area contributed by atoms with Gasteiger partial charge in [-0.3, -0.25) is 15.6 Å². The van der Waals surface area contributed by atoms with Crippen LogP contribution in [0.3, 0.4) is 0 Å². The molecule has 1 heterocycles. The lowest BCUT2D eigenvalue weighted by Gasteiger charge is -2.07. The molecule has 0 atom stereocenters. The number of carbonyl (C=O) groups is 1. The molecule has 86 valence electrons. The second kappa shape index (κ2) is 5.45. The number of nitrogens with one attached hydrogen (secondary N) is 2. The number of amides is 1. The Kier molecular flexibility index (Phi) is 3.72. The zero-order valence-corrected chi connectivity index (χ0v) is 10.4. The number of hydrazine groups is 1. The average Bonchev–Trinajstić information content (AvgIpc) is 2.39. The van der Waals surface area contributed by atoms with Gasteiger partial charge in [-0.1, -0.05) is 18.2 Å². The van der Waals surface area contributed by atoms with Gasteiger partial charge in [0.2, 0.25) is 0 Å². The monoisotopic (exact) mass is 291 g/mol. The molecule has 0 unspecified atom stereocenters. The molecule has 0 spiro atoms. The van der Waals surface area contributed by atoms with Crippen LogP contribution in [0.15, 0.2) is 53.1 Å². The highest BCUT2D eigenvalue weighted by Gasteiger charge is 2.03. The fourth-order valence-electron chi connectivity index (χ4n) is 1.23. The third-order valence-electron chi connectivity index (χ3n) is 2.07. The summed E-state index contributed by atoms with van der Waals surface area (Å²) in [4.78, 5) is 15.7. The molecule has 0 aliphatic carbocycles. The van der Waals surface area contributed by atoms with Crippen LogP contribution in [0.5, 0.6) is 0 Å². The van der Waals surface area contributed by atoms with E-state index in [-0.39, 0.29) is 5.91 Å². The third-order valence-corrected chi connectivity index (χ3v) is 2.54. The van der Waals surface area contributed by atoms with E-state index in [9.17, 15) is 4.79 Å². The van der Waals surface area contributed by atoms with E-state index in [1.165, 1.54) is 0 Å². The highest BCUT2D eigenvalue weighted by molar-refractivity contribution is 9.10. The van der Waals surface area contributed by atoms with Crippen molar-refractivity contribution in [1.29, 1.82) is 0 Å². The van der Waals surface area contributed by atoms with Crippen molar-refractivity contribution in [3.8, 4) is 0 Å². The van der Waals surface area contributed by atoms with Gasteiger partial charge < -0.3 is 0 Å². The van der Waals surface area contributed by atoms with Gasteiger partial charge in [0.05, 0.1) is 0 Å². The first-order chi connectivity index (χ1) is 8.25. The molecule has 1 aromatic carbocycles. The quantitative estimate of drug-likeness (QED) is 0.855. The summed E-state index contributed by atoms with van der Waals surface area (Å²) in [6.07, 6.45) is 1.65. The van der Waals surface area contributed by atoms with Crippen molar-refractivity contribution in [1.82, 2.24) is 10.4 Å². The second-order valence-electron chi connectivity index (χ2n) is 3.31. The fraction of sp³-hybridized carbons (Fsp3) is 0. The Hall–Kier alpha value is -1.88. The maximum Gasteiger partial charge on any atom is 0.269 e. The molecule has 0 fully saturated rings. The van der Waals surface area contributed by atoms with Crippen LogP contribution in [-0.4, -0.2) is 10.9 Å². The SMILES string of the molecule is O=C(NNc1ccc(Br)cn1)c1ccccc1. The molecule has 4 nitrogen and oxygen atoms in total. The summed E-state index contributed by atoms with van der Waals surface area (Å²) in [7, 11) is 0. The number of benzene rings is 1. The Labute approximate surface area is 107 Å². The minimum Gasteiger partial charge on any atom is -0.282 e. The van der Waals surface area contributed by atoms with E-state index in [1.54, 1.807) is 24.4 Å². The molecule has 0 saturated heterocycles. The lowest BCUT2D eigenvalue weighted by atomic mass is 10.2. The molecule has 2 rings (SSSR count). The maximum atomic E-state index is 11.7. The van der Waals surface area contributed by atoms with Gasteiger partial charge in [-0.15, -0.1) is 0 Å². The van der Waals surface area contributed by atoms with Crippen LogP contribution in [0.25, 0.3) is 0 Å². The number of hydrogen-bond donors (Lipinski definition) is 2. The van der Waals surface area contributed by atoms with Gasteiger partial charge in [-0.05, 0) is 40.2 Å². The van der Waals surface area contributed by atoms with Crippen molar-refractivity contribution in [3.63, 3.8) is 0 Å². The summed E-state index contributed by atoms with van der Waals surface area (Å²) in [5.41, 5.74) is 5.90. The van der Waals surface area contributed by atoms with E-state index in [4.69, 9.17) is 0 Å². The number of rotatable bonds is 3. The molecule has 2 N–H and O–H groups in total. The van der Waals surface area contributed by atoms with Crippen LogP contribution in [0, 0.1) is 0 Å². The second-order valence-corrected chi connectivity index (χ2v) is 4.22. The molecule has 5 heteroatoms. The Morgan fingerprint density at radius 1 is 1.12 bits per heavy atom. The van der Waals surface area contributed by atoms with Crippen LogP contribution in [0.1, 0.15) is 10.4 Å². The summed E-state index contributed by atoms with van der Waals surface area (Å²) in [6, 6.07) is 12.6. The molecular weight excluding hydrogens is 282 g/mol. The number of hydrogen-bond acceptors (Lipinski definition) is 3. The predicted molar refractivity (Wildman–Crippen MR) is 69.5 cm³/mol. The number of aromatic nitrogens is 1. The van der Waals surface area contributed by atoms with E-state index < -0.39 is 0 Å². The van der Waals surface area contributed by atoms with E-state index in [1.807, 2.05) is 24.3 Å². The van der Waals surface area contributed by atoms with Gasteiger partial charge >= 0.3 is 0 Å². The standard InChI is InChI=1S/C12H10BrN3O/c13-10-6-7-11(14-8-10)15-16-12(17)9-4-2-1-3-5-9/h1-8H,(H,14,15)(H,16,17). The van der Waals surface area contributed by atoms with Crippen LogP contribution in [0.2, 0.25) is 0 Å². The summed E-state index contributed by atoms with van der Waals surface area (Å²) in [5.74, 6) is 0.382. The number of nitrogens with zero attached hydrogens (tertiary/aromatic N) is 1. The zero-order chi connectivity index (χ0) is 12.1. The summed E-state index contributed by atoms with van der Waals surface area (Å²) in [5, 5.41) is 0. The highest BCUT2D eigenvalue weighted by Crippen LogP contribution is 2.09. The minimum absolute atomic E-state index is 0.199. The molecule has 2 aromatic rings. The molecule has 0 aliphatic rings. The smallest absolute Gasteiger partial charge is 0.269 e. The Morgan fingerprint density at radius 3 is 2.53 bits per heavy atom. The van der Waals surface area contributed by atoms with Crippen molar-refractivity contribution in [2.75, 3.05) is 5.43 Å². The van der Waals surface area contributed by atoms with Gasteiger partial charge in [0, 0.05) is 16.2 Å². The first kappa shape index (κ1) is 11.6. The van der Waals surface area contributed by atoms with Gasteiger partial charge in [0.1, 0.15) is 5.82 Å². The average molecular weight is 292 g/mol. The lowest BCUT2D eigenvalue weighted by molar-refractivity contribution is 0.0962. The Bertz CT molecular complexity index is 499. The molecule has 1 amide bonds. The number of carbonyl (C=O) groups excluding carboxylic acids is 1. The van der Waals surface area contributed by atoms with Gasteiger partial charge in [-0.25, -0.2) is 4.98 Å². The van der Waals surface area contributed by atoms with E-state index in [0.29, 0.717) is 11.4 Å². The Morgan fingerprint density at radius 2 is 1.88 bits per heavy atom. The number of halogens is 1. The van der Waals surface area contributed by atoms with Gasteiger partial charge in [-0.2, -0.15) is 0 Å². The number of anilines is 1. The molecule has 0 saturated carbocycles. The van der Waals surface area contributed by atoms with Crippen molar-refractivity contribution < 1.29 is 4.79 Å². The van der Waals surface area contributed by atoms with E-state index in [2.05, 4.69) is 31.8 Å². The van der Waals surface area contributed by atoms with Crippen LogP contribution in [-0.2, 0) is 0 Å². The van der Waals surface area contributed by atoms with E-state index >= 15 is 0 Å². The molecule has 0 aliphatic heterocycles. The minimum atomic E-state index is -0.199. The maximum absolute atomic E-state index is 11.7. The highest BCUT2D eigenvalue weighted by atomic mass is 79.9. The first-order valence-electron chi connectivity index (χ1n) is 4.98. The van der Waals surface area contributed by atoms with E-state index in [0.717, 1.165) is 4.47 Å². The number of pyridine rings is 1. The van der Waals surface area contributed by atoms with Crippen molar-refractivity contribution in [2.24, 2.45) is 0 Å². The van der Waals surface area contributed by atoms with Crippen molar-refractivity contribution in [3.05, 3.63) is 58.7 Å². The first-order valence-corrected chi connectivity index (χ1v) is 5.78. The topological polar surface area (TPSA) is 54.0 Å². The lowest BCUT2D eigenvalue weighted by Crippen LogP contribution is -2.29. The summed E-state index contributed by atoms with van der Waals surface area (Å²) >= 11 is 3.28. The summed E-state index contributed by atoms with van der Waals surface area (Å²) < 4.78 is 0.887. The molecule has 0 bridgehead atoms. The molecule has 0 radical (unpaired) electrons. The molecular formula is C12H10BrN3O. The van der Waals surface area contributed by atoms with Crippen LogP contribution in [0.4, 0.5) is 5.82 Å². The third kappa shape index (κ3) is 3.29. The van der Waals surface area contributed by atoms with Gasteiger partial charge in [0.25, 0.3) is 5.91 Å². The van der Waals surface area contributed by atoms with Crippen LogP contribution >= 0.6 is 15.9 Å². The van der Waals surface area contributed by atoms with Crippen molar-refractivity contribution in [2.45, 2.75) is 0 Å². The molecule has 1 aromatic heterocycles. The Balaban J connectivity index is 1.95.